The Morgan fingerprint density at radius 3 is 2.23 bits per heavy atom. The number of rotatable bonds is 5. The van der Waals surface area contributed by atoms with E-state index in [9.17, 15) is 34.5 Å². The highest BCUT2D eigenvalue weighted by Crippen LogP contribution is 2.74. The van der Waals surface area contributed by atoms with Gasteiger partial charge in [0, 0.05) is 30.1 Å². The van der Waals surface area contributed by atoms with Gasteiger partial charge in [0.2, 0.25) is 0 Å². The van der Waals surface area contributed by atoms with Gasteiger partial charge in [-0.05, 0) is 88.7 Å². The zero-order chi connectivity index (χ0) is 30.4. The Balaban J connectivity index is 1.75. The van der Waals surface area contributed by atoms with E-state index in [2.05, 4.69) is 13.0 Å². The van der Waals surface area contributed by atoms with E-state index in [0.29, 0.717) is 12.8 Å². The summed E-state index contributed by atoms with van der Waals surface area (Å²) < 4.78 is 5.23. The Bertz CT molecular complexity index is 1210. The first-order chi connectivity index (χ1) is 18.1. The van der Waals surface area contributed by atoms with Crippen LogP contribution in [-0.2, 0) is 23.9 Å². The van der Waals surface area contributed by atoms with Crippen LogP contribution in [0.3, 0.4) is 0 Å². The second-order valence-electron chi connectivity index (χ2n) is 14.8. The molecule has 0 heterocycles. The fourth-order valence-electron chi connectivity index (χ4n) is 9.40. The van der Waals surface area contributed by atoms with E-state index in [1.807, 2.05) is 27.7 Å². The molecular formula is C32H46O8. The normalized spacial score (nSPS) is 42.4. The second kappa shape index (κ2) is 9.17. The van der Waals surface area contributed by atoms with Gasteiger partial charge in [0.25, 0.3) is 0 Å². The van der Waals surface area contributed by atoms with Gasteiger partial charge in [-0.25, -0.2) is 0 Å². The monoisotopic (exact) mass is 558 g/mol. The molecule has 8 nitrogen and oxygen atoms in total. The van der Waals surface area contributed by atoms with Gasteiger partial charge >= 0.3 is 5.97 Å². The average Bonchev–Trinajstić information content (AvgIpc) is 3.01. The van der Waals surface area contributed by atoms with Gasteiger partial charge in [0.1, 0.15) is 23.1 Å². The number of Topliss-reactive ketones (excluding diaryl/α,β-unsaturated/α-hetero) is 2. The molecule has 0 spiro atoms. The van der Waals surface area contributed by atoms with Crippen LogP contribution in [0.4, 0.5) is 0 Å². The van der Waals surface area contributed by atoms with Gasteiger partial charge in [-0.1, -0.05) is 32.4 Å². The van der Waals surface area contributed by atoms with Crippen LogP contribution < -0.4 is 0 Å². The van der Waals surface area contributed by atoms with E-state index in [-0.39, 0.29) is 36.2 Å². The first-order valence-corrected chi connectivity index (χ1v) is 14.4. The molecule has 0 aromatic carbocycles. The Kier molecular flexibility index (Phi) is 7.06. The molecule has 4 rings (SSSR count). The zero-order valence-electron chi connectivity index (χ0n) is 25.3. The van der Waals surface area contributed by atoms with Crippen LogP contribution in [0.15, 0.2) is 23.8 Å². The molecule has 40 heavy (non-hydrogen) atoms. The number of ether oxygens (including phenoxy) is 1. The first-order valence-electron chi connectivity index (χ1n) is 14.4. The number of carbonyl (C=O) groups is 4. The van der Waals surface area contributed by atoms with E-state index in [0.717, 1.165) is 5.57 Å². The van der Waals surface area contributed by atoms with Crippen LogP contribution in [0.1, 0.15) is 88.0 Å². The lowest BCUT2D eigenvalue weighted by Gasteiger charge is -2.64. The van der Waals surface area contributed by atoms with Crippen molar-refractivity contribution in [2.24, 2.45) is 39.4 Å². The summed E-state index contributed by atoms with van der Waals surface area (Å²) in [6.45, 7) is 15.4. The predicted molar refractivity (Wildman–Crippen MR) is 148 cm³/mol. The average molecular weight is 559 g/mol. The third kappa shape index (κ3) is 4.11. The standard InChI is InChI=1S/C32H46O8/c1-17(33)40-27(2,3)13-12-23(36)32(9,39)25-21(35)15-29(6)22-11-10-18-19(14-20(34)26(38)28(18,4)5)31(22,8)24(37)16-30(25,29)7/h10,12-13,19-22,25,34-35,39H,11,14-16H2,1-9H3/b13-12+/t19?,20?,21-,22?,25?,29+,30-,31+,32?/m1/s1. The summed E-state index contributed by atoms with van der Waals surface area (Å²) in [6, 6.07) is 0. The number of aliphatic hydroxyl groups excluding tert-OH is 2. The van der Waals surface area contributed by atoms with Crippen LogP contribution in [0.25, 0.3) is 0 Å². The molecule has 0 saturated heterocycles. The van der Waals surface area contributed by atoms with Gasteiger partial charge in [-0.3, -0.25) is 19.2 Å². The van der Waals surface area contributed by atoms with Crippen LogP contribution in [-0.4, -0.2) is 62.0 Å². The molecule has 5 unspecified atom stereocenters. The van der Waals surface area contributed by atoms with Gasteiger partial charge in [-0.15, -0.1) is 0 Å². The Morgan fingerprint density at radius 1 is 1.05 bits per heavy atom. The third-order valence-corrected chi connectivity index (χ3v) is 11.5. The summed E-state index contributed by atoms with van der Waals surface area (Å²) in [5.41, 5.74) is -5.43. The van der Waals surface area contributed by atoms with Crippen molar-refractivity contribution >= 4 is 23.3 Å². The summed E-state index contributed by atoms with van der Waals surface area (Å²) in [7, 11) is 0. The van der Waals surface area contributed by atoms with Gasteiger partial charge in [-0.2, -0.15) is 0 Å². The van der Waals surface area contributed by atoms with Gasteiger partial charge in [0.05, 0.1) is 6.10 Å². The van der Waals surface area contributed by atoms with E-state index >= 15 is 0 Å². The summed E-state index contributed by atoms with van der Waals surface area (Å²) in [5.74, 6) is -2.85. The fraction of sp³-hybridized carbons (Fsp3) is 0.750. The van der Waals surface area contributed by atoms with Crippen LogP contribution in [0.5, 0.6) is 0 Å². The Hall–Kier alpha value is -2.16. The number of ketones is 3. The van der Waals surface area contributed by atoms with Crippen molar-refractivity contribution < 1.29 is 39.2 Å². The number of esters is 1. The number of hydrogen-bond acceptors (Lipinski definition) is 8. The Labute approximate surface area is 237 Å². The molecule has 3 fully saturated rings. The number of hydrogen-bond donors (Lipinski definition) is 3. The van der Waals surface area contributed by atoms with Crippen LogP contribution >= 0.6 is 0 Å². The molecule has 8 heteroatoms. The van der Waals surface area contributed by atoms with Crippen LogP contribution in [0.2, 0.25) is 0 Å². The first kappa shape index (κ1) is 30.8. The van der Waals surface area contributed by atoms with Crippen molar-refractivity contribution in [1.82, 2.24) is 0 Å². The molecule has 3 N–H and O–H groups in total. The van der Waals surface area contributed by atoms with Crippen molar-refractivity contribution in [3.8, 4) is 0 Å². The molecule has 0 amide bonds. The summed E-state index contributed by atoms with van der Waals surface area (Å²) in [4.78, 5) is 52.1. The van der Waals surface area contributed by atoms with E-state index < -0.39 is 62.7 Å². The predicted octanol–water partition coefficient (Wildman–Crippen LogP) is 3.50. The second-order valence-corrected chi connectivity index (χ2v) is 14.8. The minimum absolute atomic E-state index is 0.0284. The summed E-state index contributed by atoms with van der Waals surface area (Å²) in [6.07, 6.45) is 3.55. The lowest BCUT2D eigenvalue weighted by Crippen LogP contribution is -2.65. The van der Waals surface area contributed by atoms with Gasteiger partial charge < -0.3 is 20.1 Å². The minimum atomic E-state index is -1.99. The quantitative estimate of drug-likeness (QED) is 0.265. The smallest absolute Gasteiger partial charge is 0.303 e. The number of carbonyl (C=O) groups excluding carboxylic acids is 4. The molecule has 3 saturated carbocycles. The molecule has 4 aliphatic carbocycles. The highest BCUT2D eigenvalue weighted by atomic mass is 16.6. The van der Waals surface area contributed by atoms with Crippen molar-refractivity contribution in [2.75, 3.05) is 0 Å². The maximum absolute atomic E-state index is 14.3. The van der Waals surface area contributed by atoms with Gasteiger partial charge in [0.15, 0.2) is 11.6 Å². The molecule has 0 radical (unpaired) electrons. The molecule has 4 aliphatic rings. The van der Waals surface area contributed by atoms with E-state index in [1.165, 1.54) is 26.0 Å². The lowest BCUT2D eigenvalue weighted by molar-refractivity contribution is -0.183. The molecule has 222 valence electrons. The molecule has 0 aliphatic heterocycles. The van der Waals surface area contributed by atoms with Crippen molar-refractivity contribution in [3.05, 3.63) is 23.8 Å². The number of fused-ring (bicyclic) bond motifs is 5. The van der Waals surface area contributed by atoms with Crippen molar-refractivity contribution in [2.45, 2.75) is 111 Å². The van der Waals surface area contributed by atoms with Crippen molar-refractivity contribution in [1.29, 1.82) is 0 Å². The Morgan fingerprint density at radius 2 is 1.65 bits per heavy atom. The highest BCUT2D eigenvalue weighted by molar-refractivity contribution is 5.98. The largest absolute Gasteiger partial charge is 0.456 e. The highest BCUT2D eigenvalue weighted by Gasteiger charge is 2.74. The summed E-state index contributed by atoms with van der Waals surface area (Å²) >= 11 is 0. The van der Waals surface area contributed by atoms with E-state index in [1.54, 1.807) is 13.8 Å². The fourth-order valence-corrected chi connectivity index (χ4v) is 9.40. The topological polar surface area (TPSA) is 138 Å². The molecule has 9 atom stereocenters. The molecular weight excluding hydrogens is 512 g/mol. The molecule has 0 bridgehead atoms. The van der Waals surface area contributed by atoms with Crippen LogP contribution in [0, 0.1) is 39.4 Å². The minimum Gasteiger partial charge on any atom is -0.456 e. The van der Waals surface area contributed by atoms with E-state index in [4.69, 9.17) is 4.74 Å². The molecule has 0 aromatic rings. The molecule has 0 aromatic heterocycles. The number of aliphatic hydroxyl groups is 3. The maximum atomic E-state index is 14.3. The zero-order valence-corrected chi connectivity index (χ0v) is 25.3. The third-order valence-electron chi connectivity index (χ3n) is 11.5. The lowest BCUT2D eigenvalue weighted by atomic mass is 9.38. The SMILES string of the molecule is CC(=O)OC(C)(C)/C=C/C(=O)C(C)(O)C1[C@H](O)C[C@@]2(C)C3CC=C4C(CC(O)C(=O)C4(C)C)[C@]3(C)C(=O)C[C@]12C. The summed E-state index contributed by atoms with van der Waals surface area (Å²) in [5, 5.41) is 34.0. The number of allylic oxidation sites excluding steroid dienone is 2. The maximum Gasteiger partial charge on any atom is 0.303 e. The van der Waals surface area contributed by atoms with Crippen molar-refractivity contribution in [3.63, 3.8) is 0 Å².